The minimum absolute atomic E-state index is 0.0999. The van der Waals surface area contributed by atoms with Crippen molar-refractivity contribution in [2.24, 2.45) is 0 Å². The average Bonchev–Trinajstić information content (AvgIpc) is 3.50. The van der Waals surface area contributed by atoms with Crippen molar-refractivity contribution in [1.82, 2.24) is 9.78 Å². The third-order valence-corrected chi connectivity index (χ3v) is 8.43. The minimum Gasteiger partial charge on any atom is -0.486 e. The fourth-order valence-corrected chi connectivity index (χ4v) is 6.46. The van der Waals surface area contributed by atoms with Gasteiger partial charge in [-0.1, -0.05) is 12.1 Å². The van der Waals surface area contributed by atoms with Gasteiger partial charge in [-0.25, -0.2) is 9.48 Å². The molecule has 0 amide bonds. The number of hydrogen-bond donors (Lipinski definition) is 1. The molecule has 43 heavy (non-hydrogen) atoms. The molecule has 1 aliphatic carbocycles. The van der Waals surface area contributed by atoms with Gasteiger partial charge in [0, 0.05) is 16.5 Å². The molecule has 0 radical (unpaired) electrons. The molecule has 6 rings (SSSR count). The van der Waals surface area contributed by atoms with Crippen molar-refractivity contribution < 1.29 is 46.1 Å². The summed E-state index contributed by atoms with van der Waals surface area (Å²) in [5, 5.41) is 12.9. The standard InChI is InChI=1S/C30H23F5N2O5S/c1-16(18-10-13-23-24(14-18)42-30(34,35)41-23)40-20-5-2-4-19(15-20)37-26-22(27(36-37)29(31,32)33)6-3-7-25(26)43-21-11-8-17(9-12-21)28(38)39/h2,4-5,8-16,25H,3,6-7H2,1H3,(H,38,39)/t16-,25?/m0/s1. The normalized spacial score (nSPS) is 17.8. The Bertz CT molecular complexity index is 1690. The van der Waals surface area contributed by atoms with E-state index in [0.29, 0.717) is 35.5 Å². The summed E-state index contributed by atoms with van der Waals surface area (Å²) in [6, 6.07) is 17.0. The molecule has 0 saturated heterocycles. The number of thioether (sulfide) groups is 1. The van der Waals surface area contributed by atoms with Gasteiger partial charge in [0.25, 0.3) is 0 Å². The predicted octanol–water partition coefficient (Wildman–Crippen LogP) is 8.22. The highest BCUT2D eigenvalue weighted by atomic mass is 32.2. The summed E-state index contributed by atoms with van der Waals surface area (Å²) in [6.45, 7) is 1.70. The van der Waals surface area contributed by atoms with Crippen molar-refractivity contribution in [3.63, 3.8) is 0 Å². The third-order valence-electron chi connectivity index (χ3n) is 7.14. The molecule has 224 valence electrons. The number of carboxylic acids is 1. The molecule has 2 atom stereocenters. The second-order valence-corrected chi connectivity index (χ2v) is 11.4. The highest BCUT2D eigenvalue weighted by molar-refractivity contribution is 7.99. The highest BCUT2D eigenvalue weighted by Crippen LogP contribution is 2.48. The maximum atomic E-state index is 14.1. The second-order valence-electron chi connectivity index (χ2n) is 10.1. The van der Waals surface area contributed by atoms with Crippen molar-refractivity contribution in [2.75, 3.05) is 0 Å². The Balaban J connectivity index is 1.31. The van der Waals surface area contributed by atoms with Crippen LogP contribution in [0.2, 0.25) is 0 Å². The summed E-state index contributed by atoms with van der Waals surface area (Å²) in [7, 11) is 0. The lowest BCUT2D eigenvalue weighted by Gasteiger charge is -2.25. The van der Waals surface area contributed by atoms with E-state index in [0.717, 1.165) is 4.90 Å². The predicted molar refractivity (Wildman–Crippen MR) is 145 cm³/mol. The number of carboxylic acid groups (broad SMARTS) is 1. The number of nitrogens with zero attached hydrogens (tertiary/aromatic N) is 2. The number of carbonyl (C=O) groups is 1. The number of fused-ring (bicyclic) bond motifs is 2. The van der Waals surface area contributed by atoms with E-state index in [9.17, 15) is 31.9 Å². The Hall–Kier alpha value is -4.26. The van der Waals surface area contributed by atoms with E-state index in [-0.39, 0.29) is 34.3 Å². The number of benzene rings is 3. The molecule has 2 heterocycles. The van der Waals surface area contributed by atoms with Crippen LogP contribution in [0.1, 0.15) is 64.0 Å². The number of aromatic nitrogens is 2. The van der Waals surface area contributed by atoms with E-state index in [1.54, 1.807) is 49.4 Å². The van der Waals surface area contributed by atoms with Crippen LogP contribution >= 0.6 is 11.8 Å². The lowest BCUT2D eigenvalue weighted by Crippen LogP contribution is -2.25. The summed E-state index contributed by atoms with van der Waals surface area (Å²) in [5.74, 6) is -0.969. The summed E-state index contributed by atoms with van der Waals surface area (Å²) in [4.78, 5) is 12.0. The Labute approximate surface area is 246 Å². The van der Waals surface area contributed by atoms with Crippen molar-refractivity contribution in [3.05, 3.63) is 94.8 Å². The summed E-state index contributed by atoms with van der Waals surface area (Å²) >= 11 is 1.35. The Kier molecular flexibility index (Phi) is 7.23. The second kappa shape index (κ2) is 10.8. The van der Waals surface area contributed by atoms with E-state index in [1.165, 1.54) is 40.7 Å². The van der Waals surface area contributed by atoms with Crippen molar-refractivity contribution in [2.45, 2.75) is 54.9 Å². The molecule has 0 bridgehead atoms. The van der Waals surface area contributed by atoms with Crippen LogP contribution in [0.15, 0.2) is 71.6 Å². The van der Waals surface area contributed by atoms with E-state index >= 15 is 0 Å². The van der Waals surface area contributed by atoms with Gasteiger partial charge in [0.05, 0.1) is 22.2 Å². The molecule has 1 aliphatic heterocycles. The number of aromatic carboxylic acids is 1. The zero-order valence-corrected chi connectivity index (χ0v) is 23.2. The van der Waals surface area contributed by atoms with Crippen molar-refractivity contribution >= 4 is 17.7 Å². The fourth-order valence-electron chi connectivity index (χ4n) is 5.20. The SMILES string of the molecule is C[C@H](Oc1cccc(-n2nc(C(F)(F)F)c3c2C(Sc2ccc(C(=O)O)cc2)CCC3)c1)c1ccc2c(c1)OC(F)(F)O2. The first-order chi connectivity index (χ1) is 20.4. The highest BCUT2D eigenvalue weighted by Gasteiger charge is 2.44. The van der Waals surface area contributed by atoms with Gasteiger partial charge in [-0.15, -0.1) is 20.5 Å². The molecule has 1 unspecified atom stereocenters. The zero-order valence-electron chi connectivity index (χ0n) is 22.4. The maximum Gasteiger partial charge on any atom is 0.586 e. The Morgan fingerprint density at radius 1 is 1.09 bits per heavy atom. The lowest BCUT2D eigenvalue weighted by atomic mass is 9.95. The molecule has 2 aliphatic rings. The molecule has 0 fully saturated rings. The van der Waals surface area contributed by atoms with Crippen LogP contribution in [0.3, 0.4) is 0 Å². The largest absolute Gasteiger partial charge is 0.586 e. The average molecular weight is 619 g/mol. The summed E-state index contributed by atoms with van der Waals surface area (Å²) in [5.41, 5.74) is 0.610. The fraction of sp³-hybridized carbons (Fsp3) is 0.267. The number of halogens is 5. The van der Waals surface area contributed by atoms with Gasteiger partial charge < -0.3 is 19.3 Å². The lowest BCUT2D eigenvalue weighted by molar-refractivity contribution is -0.286. The van der Waals surface area contributed by atoms with Crippen LogP contribution in [0, 0.1) is 0 Å². The number of ether oxygens (including phenoxy) is 3. The smallest absolute Gasteiger partial charge is 0.486 e. The number of hydrogen-bond acceptors (Lipinski definition) is 6. The van der Waals surface area contributed by atoms with E-state index in [1.807, 2.05) is 0 Å². The quantitative estimate of drug-likeness (QED) is 0.209. The first-order valence-corrected chi connectivity index (χ1v) is 14.1. The molecule has 1 N–H and O–H groups in total. The van der Waals surface area contributed by atoms with Crippen molar-refractivity contribution in [3.8, 4) is 22.9 Å². The van der Waals surface area contributed by atoms with Gasteiger partial charge >= 0.3 is 18.4 Å². The molecule has 4 aromatic rings. The van der Waals surface area contributed by atoms with Crippen LogP contribution in [0.5, 0.6) is 17.2 Å². The van der Waals surface area contributed by atoms with Crippen LogP contribution < -0.4 is 14.2 Å². The molecule has 1 aromatic heterocycles. The van der Waals surface area contributed by atoms with Crippen LogP contribution in [-0.2, 0) is 12.6 Å². The molecular weight excluding hydrogens is 595 g/mol. The van der Waals surface area contributed by atoms with Crippen LogP contribution in [0.25, 0.3) is 5.69 Å². The van der Waals surface area contributed by atoms with Gasteiger partial charge in [-0.2, -0.15) is 18.3 Å². The third kappa shape index (κ3) is 5.85. The minimum atomic E-state index is -4.66. The molecular formula is C30H23F5N2O5S. The Morgan fingerprint density at radius 2 is 1.84 bits per heavy atom. The monoisotopic (exact) mass is 618 g/mol. The number of alkyl halides is 5. The molecule has 7 nitrogen and oxygen atoms in total. The van der Waals surface area contributed by atoms with Gasteiger partial charge in [0.2, 0.25) is 0 Å². The van der Waals surface area contributed by atoms with Crippen LogP contribution in [0.4, 0.5) is 22.0 Å². The zero-order chi connectivity index (χ0) is 30.5. The van der Waals surface area contributed by atoms with Gasteiger partial charge in [0.15, 0.2) is 17.2 Å². The van der Waals surface area contributed by atoms with E-state index in [2.05, 4.69) is 14.6 Å². The summed E-state index contributed by atoms with van der Waals surface area (Å²) in [6.07, 6.45) is -7.70. The molecule has 3 aromatic carbocycles. The molecule has 13 heteroatoms. The summed E-state index contributed by atoms with van der Waals surface area (Å²) < 4.78 is 85.6. The first-order valence-electron chi connectivity index (χ1n) is 13.2. The maximum absolute atomic E-state index is 14.1. The van der Waals surface area contributed by atoms with Gasteiger partial charge in [-0.05, 0) is 80.3 Å². The van der Waals surface area contributed by atoms with Gasteiger partial charge in [0.1, 0.15) is 11.9 Å². The first kappa shape index (κ1) is 28.8. The topological polar surface area (TPSA) is 82.8 Å². The van der Waals surface area contributed by atoms with Crippen molar-refractivity contribution in [1.29, 1.82) is 0 Å². The van der Waals surface area contributed by atoms with E-state index in [4.69, 9.17) is 4.74 Å². The molecule has 0 spiro atoms. The van der Waals surface area contributed by atoms with Crippen LogP contribution in [-0.4, -0.2) is 27.2 Å². The molecule has 0 saturated carbocycles. The van der Waals surface area contributed by atoms with E-state index < -0.39 is 30.2 Å². The Morgan fingerprint density at radius 3 is 2.56 bits per heavy atom. The number of rotatable bonds is 7. The van der Waals surface area contributed by atoms with Gasteiger partial charge in [-0.3, -0.25) is 0 Å².